The van der Waals surface area contributed by atoms with E-state index in [1.54, 1.807) is 6.07 Å². The molecule has 1 atom stereocenters. The highest BCUT2D eigenvalue weighted by atomic mass is 32.2. The zero-order valence-electron chi connectivity index (χ0n) is 11.8. The molecule has 0 aliphatic carbocycles. The maximum atomic E-state index is 12.3. The van der Waals surface area contributed by atoms with Crippen molar-refractivity contribution in [2.45, 2.75) is 24.2 Å². The van der Waals surface area contributed by atoms with Gasteiger partial charge in [0.15, 0.2) is 11.5 Å². The van der Waals surface area contributed by atoms with Crippen LogP contribution in [-0.4, -0.2) is 34.8 Å². The van der Waals surface area contributed by atoms with Crippen molar-refractivity contribution in [3.8, 4) is 11.5 Å². The predicted molar refractivity (Wildman–Crippen MR) is 78.0 cm³/mol. The summed E-state index contributed by atoms with van der Waals surface area (Å²) in [6, 6.07) is 4.67. The van der Waals surface area contributed by atoms with Crippen molar-refractivity contribution < 1.29 is 17.9 Å². The summed E-state index contributed by atoms with van der Waals surface area (Å²) in [5.74, 6) is 1.62. The molecule has 0 spiro atoms. The fraction of sp³-hybridized carbons (Fsp3) is 0.571. The highest BCUT2D eigenvalue weighted by molar-refractivity contribution is 7.89. The highest BCUT2D eigenvalue weighted by Crippen LogP contribution is 2.33. The molecule has 0 saturated carbocycles. The molecule has 2 aliphatic heterocycles. The van der Waals surface area contributed by atoms with Gasteiger partial charge in [0.2, 0.25) is 16.8 Å². The summed E-state index contributed by atoms with van der Waals surface area (Å²) in [5.41, 5.74) is 0. The van der Waals surface area contributed by atoms with Crippen molar-refractivity contribution in [3.05, 3.63) is 18.2 Å². The van der Waals surface area contributed by atoms with E-state index in [-0.39, 0.29) is 11.7 Å². The molecular formula is C14H20N2O4S. The Morgan fingerprint density at radius 1 is 1.29 bits per heavy atom. The number of ether oxygens (including phenoxy) is 2. The second kappa shape index (κ2) is 6.21. The van der Waals surface area contributed by atoms with Crippen LogP contribution >= 0.6 is 0 Å². The van der Waals surface area contributed by atoms with Crippen LogP contribution in [0, 0.1) is 5.92 Å². The molecule has 0 bridgehead atoms. The molecule has 2 heterocycles. The maximum absolute atomic E-state index is 12.3. The molecule has 0 aromatic heterocycles. The third-order valence-electron chi connectivity index (χ3n) is 3.90. The summed E-state index contributed by atoms with van der Waals surface area (Å²) in [6.45, 7) is 2.65. The van der Waals surface area contributed by atoms with Crippen LogP contribution in [-0.2, 0) is 10.0 Å². The van der Waals surface area contributed by atoms with Gasteiger partial charge in [0.25, 0.3) is 0 Å². The summed E-state index contributed by atoms with van der Waals surface area (Å²) in [5, 5.41) is 3.33. The quantitative estimate of drug-likeness (QED) is 0.851. The van der Waals surface area contributed by atoms with E-state index < -0.39 is 10.0 Å². The minimum absolute atomic E-state index is 0.140. The van der Waals surface area contributed by atoms with Gasteiger partial charge in [-0.05, 0) is 50.4 Å². The third kappa shape index (κ3) is 3.48. The van der Waals surface area contributed by atoms with Gasteiger partial charge in [0.1, 0.15) is 0 Å². The predicted octanol–water partition coefficient (Wildman–Crippen LogP) is 1.08. The number of sulfonamides is 1. The lowest BCUT2D eigenvalue weighted by molar-refractivity contribution is 0.174. The summed E-state index contributed by atoms with van der Waals surface area (Å²) in [4.78, 5) is 0.216. The van der Waals surface area contributed by atoms with E-state index in [4.69, 9.17) is 9.47 Å². The van der Waals surface area contributed by atoms with Gasteiger partial charge in [-0.15, -0.1) is 0 Å². The van der Waals surface area contributed by atoms with Crippen LogP contribution in [0.1, 0.15) is 19.3 Å². The van der Waals surface area contributed by atoms with E-state index in [0.717, 1.165) is 19.5 Å². The Bertz CT molecular complexity index is 597. The van der Waals surface area contributed by atoms with Crippen LogP contribution in [0.25, 0.3) is 0 Å². The molecule has 3 rings (SSSR count). The first-order chi connectivity index (χ1) is 10.1. The molecule has 0 amide bonds. The van der Waals surface area contributed by atoms with Crippen LogP contribution in [0.15, 0.2) is 23.1 Å². The minimum atomic E-state index is -3.49. The summed E-state index contributed by atoms with van der Waals surface area (Å²) in [7, 11) is -3.49. The fourth-order valence-electron chi connectivity index (χ4n) is 2.70. The molecule has 1 unspecified atom stereocenters. The molecule has 0 radical (unpaired) electrons. The lowest BCUT2D eigenvalue weighted by Crippen LogP contribution is -2.33. The first kappa shape index (κ1) is 14.6. The van der Waals surface area contributed by atoms with Crippen molar-refractivity contribution in [2.75, 3.05) is 26.4 Å². The highest BCUT2D eigenvalue weighted by Gasteiger charge is 2.20. The van der Waals surface area contributed by atoms with Gasteiger partial charge < -0.3 is 14.8 Å². The van der Waals surface area contributed by atoms with E-state index in [2.05, 4.69) is 10.0 Å². The zero-order valence-corrected chi connectivity index (χ0v) is 12.6. The van der Waals surface area contributed by atoms with E-state index in [0.29, 0.717) is 24.0 Å². The van der Waals surface area contributed by atoms with Crippen LogP contribution < -0.4 is 19.5 Å². The monoisotopic (exact) mass is 312 g/mol. The second-order valence-corrected chi connectivity index (χ2v) is 7.18. The smallest absolute Gasteiger partial charge is 0.240 e. The number of rotatable bonds is 5. The van der Waals surface area contributed by atoms with E-state index >= 15 is 0 Å². The van der Waals surface area contributed by atoms with Crippen molar-refractivity contribution >= 4 is 10.0 Å². The molecule has 1 saturated heterocycles. The molecule has 7 heteroatoms. The van der Waals surface area contributed by atoms with Crippen molar-refractivity contribution in [2.24, 2.45) is 5.92 Å². The third-order valence-corrected chi connectivity index (χ3v) is 5.36. The Labute approximate surface area is 124 Å². The number of hydrogen-bond donors (Lipinski definition) is 2. The van der Waals surface area contributed by atoms with Crippen LogP contribution in [0.3, 0.4) is 0 Å². The molecule has 1 fully saturated rings. The average Bonchev–Trinajstić information content (AvgIpc) is 2.95. The Balaban J connectivity index is 1.58. The van der Waals surface area contributed by atoms with Gasteiger partial charge in [-0.1, -0.05) is 0 Å². The summed E-state index contributed by atoms with van der Waals surface area (Å²) >= 11 is 0. The van der Waals surface area contributed by atoms with Gasteiger partial charge >= 0.3 is 0 Å². The summed E-state index contributed by atoms with van der Waals surface area (Å²) in [6.07, 6.45) is 3.19. The molecule has 116 valence electrons. The zero-order chi connectivity index (χ0) is 14.7. The number of hydrogen-bond acceptors (Lipinski definition) is 5. The number of benzene rings is 1. The van der Waals surface area contributed by atoms with Gasteiger partial charge in [-0.25, -0.2) is 13.1 Å². The lowest BCUT2D eigenvalue weighted by atomic mass is 9.96. The Morgan fingerprint density at radius 2 is 2.14 bits per heavy atom. The largest absolute Gasteiger partial charge is 0.454 e. The first-order valence-corrected chi connectivity index (χ1v) is 8.73. The van der Waals surface area contributed by atoms with E-state index in [9.17, 15) is 8.42 Å². The first-order valence-electron chi connectivity index (χ1n) is 7.25. The van der Waals surface area contributed by atoms with Gasteiger partial charge in [-0.3, -0.25) is 0 Å². The van der Waals surface area contributed by atoms with Crippen molar-refractivity contribution in [1.82, 2.24) is 10.0 Å². The van der Waals surface area contributed by atoms with Crippen LogP contribution in [0.5, 0.6) is 11.5 Å². The fourth-order valence-corrected chi connectivity index (χ4v) is 3.76. The standard InChI is InChI=1S/C14H20N2O4S/c17-21(18,16-7-5-11-2-1-6-15-9-11)12-3-4-13-14(8-12)20-10-19-13/h3-4,8,11,15-16H,1-2,5-7,9-10H2. The van der Waals surface area contributed by atoms with E-state index in [1.165, 1.54) is 25.0 Å². The number of piperidine rings is 1. The van der Waals surface area contributed by atoms with E-state index in [1.807, 2.05) is 0 Å². The Kier molecular flexibility index (Phi) is 4.32. The van der Waals surface area contributed by atoms with Gasteiger partial charge in [0.05, 0.1) is 4.90 Å². The SMILES string of the molecule is O=S(=O)(NCCC1CCCNC1)c1ccc2c(c1)OCO2. The number of fused-ring (bicyclic) bond motifs is 1. The molecular weight excluding hydrogens is 292 g/mol. The summed E-state index contributed by atoms with van der Waals surface area (Å²) < 4.78 is 37.6. The minimum Gasteiger partial charge on any atom is -0.454 e. The number of nitrogens with one attached hydrogen (secondary N) is 2. The molecule has 21 heavy (non-hydrogen) atoms. The Morgan fingerprint density at radius 3 is 2.95 bits per heavy atom. The van der Waals surface area contributed by atoms with Gasteiger partial charge in [0, 0.05) is 12.6 Å². The topological polar surface area (TPSA) is 76.7 Å². The second-order valence-electron chi connectivity index (χ2n) is 5.41. The maximum Gasteiger partial charge on any atom is 0.240 e. The average molecular weight is 312 g/mol. The molecule has 1 aromatic carbocycles. The molecule has 6 nitrogen and oxygen atoms in total. The Hall–Kier alpha value is -1.31. The molecule has 2 aliphatic rings. The van der Waals surface area contributed by atoms with Crippen LogP contribution in [0.2, 0.25) is 0 Å². The molecule has 2 N–H and O–H groups in total. The lowest BCUT2D eigenvalue weighted by Gasteiger charge is -2.22. The normalized spacial score (nSPS) is 21.4. The van der Waals surface area contributed by atoms with Crippen molar-refractivity contribution in [3.63, 3.8) is 0 Å². The van der Waals surface area contributed by atoms with Crippen LogP contribution in [0.4, 0.5) is 0 Å². The molecule has 1 aromatic rings. The van der Waals surface area contributed by atoms with Crippen molar-refractivity contribution in [1.29, 1.82) is 0 Å². The van der Waals surface area contributed by atoms with Gasteiger partial charge in [-0.2, -0.15) is 0 Å².